The summed E-state index contributed by atoms with van der Waals surface area (Å²) in [4.78, 5) is 11.4. The fourth-order valence-corrected chi connectivity index (χ4v) is 3.02. The molecule has 1 rings (SSSR count). The summed E-state index contributed by atoms with van der Waals surface area (Å²) in [5.41, 5.74) is -0.606. The molecule has 0 saturated carbocycles. The highest BCUT2D eigenvalue weighted by Crippen LogP contribution is 2.22. The van der Waals surface area contributed by atoms with Crippen molar-refractivity contribution in [3.63, 3.8) is 0 Å². The molecule has 0 aliphatic heterocycles. The number of benzene rings is 1. The van der Waals surface area contributed by atoms with Crippen molar-refractivity contribution in [1.29, 1.82) is 0 Å². The molecule has 0 spiro atoms. The average molecular weight is 301 g/mol. The van der Waals surface area contributed by atoms with Gasteiger partial charge in [-0.3, -0.25) is 4.79 Å². The standard InChI is InChI=1S/C13H19NO5S/c1-10(12(16)19-3)20(17,18)14-13(2,9-15)11-7-5-4-6-8-11/h4-8,10,14-15H,9H2,1-3H3. The van der Waals surface area contributed by atoms with E-state index in [0.29, 0.717) is 5.56 Å². The van der Waals surface area contributed by atoms with Crippen LogP contribution in [-0.4, -0.2) is 38.5 Å². The van der Waals surface area contributed by atoms with Crippen molar-refractivity contribution in [2.24, 2.45) is 0 Å². The van der Waals surface area contributed by atoms with Gasteiger partial charge in [-0.25, -0.2) is 13.1 Å². The smallest absolute Gasteiger partial charge is 0.325 e. The van der Waals surface area contributed by atoms with Gasteiger partial charge in [-0.2, -0.15) is 0 Å². The third-order valence-electron chi connectivity index (χ3n) is 3.09. The van der Waals surface area contributed by atoms with Crippen LogP contribution in [0.3, 0.4) is 0 Å². The molecule has 0 fully saturated rings. The molecule has 1 aromatic rings. The molecule has 2 unspecified atom stereocenters. The molecule has 1 aromatic carbocycles. The van der Waals surface area contributed by atoms with Gasteiger partial charge in [-0.15, -0.1) is 0 Å². The van der Waals surface area contributed by atoms with E-state index in [0.717, 1.165) is 7.11 Å². The first kappa shape index (κ1) is 16.6. The third-order valence-corrected chi connectivity index (χ3v) is 4.95. The van der Waals surface area contributed by atoms with E-state index in [1.54, 1.807) is 37.3 Å². The molecular formula is C13H19NO5S. The van der Waals surface area contributed by atoms with Crippen LogP contribution in [0.15, 0.2) is 30.3 Å². The van der Waals surface area contributed by atoms with Gasteiger partial charge < -0.3 is 9.84 Å². The maximum absolute atomic E-state index is 12.2. The molecule has 20 heavy (non-hydrogen) atoms. The summed E-state index contributed by atoms with van der Waals surface area (Å²) in [6, 6.07) is 8.65. The number of hydrogen-bond acceptors (Lipinski definition) is 5. The van der Waals surface area contributed by atoms with Crippen molar-refractivity contribution in [2.75, 3.05) is 13.7 Å². The number of nitrogens with one attached hydrogen (secondary N) is 1. The van der Waals surface area contributed by atoms with E-state index in [1.807, 2.05) is 0 Å². The Hall–Kier alpha value is -1.44. The Kier molecular flexibility index (Phi) is 5.27. The molecule has 7 heteroatoms. The predicted octanol–water partition coefficient (Wildman–Crippen LogP) is 0.375. The van der Waals surface area contributed by atoms with Gasteiger partial charge in [0, 0.05) is 0 Å². The monoisotopic (exact) mass is 301 g/mol. The minimum Gasteiger partial charge on any atom is -0.468 e. The minimum atomic E-state index is -3.97. The average Bonchev–Trinajstić information content (AvgIpc) is 2.45. The second-order valence-corrected chi connectivity index (χ2v) is 6.67. The van der Waals surface area contributed by atoms with Gasteiger partial charge in [0.2, 0.25) is 10.0 Å². The summed E-state index contributed by atoms with van der Waals surface area (Å²) in [5, 5.41) is 8.18. The summed E-state index contributed by atoms with van der Waals surface area (Å²) in [7, 11) is -2.85. The van der Waals surface area contributed by atoms with Crippen LogP contribution in [0.25, 0.3) is 0 Å². The minimum absolute atomic E-state index is 0.440. The van der Waals surface area contributed by atoms with Crippen LogP contribution in [0.4, 0.5) is 0 Å². The molecule has 0 radical (unpaired) electrons. The zero-order chi connectivity index (χ0) is 15.4. The van der Waals surface area contributed by atoms with Gasteiger partial charge in [0.15, 0.2) is 5.25 Å². The Morgan fingerprint density at radius 2 is 1.95 bits per heavy atom. The number of aliphatic hydroxyl groups is 1. The van der Waals surface area contributed by atoms with E-state index >= 15 is 0 Å². The fraction of sp³-hybridized carbons (Fsp3) is 0.462. The first-order valence-electron chi connectivity index (χ1n) is 6.04. The lowest BCUT2D eigenvalue weighted by molar-refractivity contribution is -0.139. The van der Waals surface area contributed by atoms with E-state index in [9.17, 15) is 18.3 Å². The largest absolute Gasteiger partial charge is 0.468 e. The van der Waals surface area contributed by atoms with Gasteiger partial charge in [-0.1, -0.05) is 30.3 Å². The van der Waals surface area contributed by atoms with Crippen LogP contribution in [-0.2, 0) is 25.1 Å². The van der Waals surface area contributed by atoms with Crippen LogP contribution in [0.1, 0.15) is 19.4 Å². The molecular weight excluding hydrogens is 282 g/mol. The van der Waals surface area contributed by atoms with Crippen molar-refractivity contribution in [3.05, 3.63) is 35.9 Å². The van der Waals surface area contributed by atoms with E-state index < -0.39 is 33.4 Å². The summed E-state index contributed by atoms with van der Waals surface area (Å²) >= 11 is 0. The number of carbonyl (C=O) groups is 1. The lowest BCUT2D eigenvalue weighted by atomic mass is 9.94. The molecule has 2 N–H and O–H groups in total. The van der Waals surface area contributed by atoms with E-state index in [-0.39, 0.29) is 0 Å². The maximum atomic E-state index is 12.2. The zero-order valence-corrected chi connectivity index (χ0v) is 12.5. The van der Waals surface area contributed by atoms with Gasteiger partial charge in [0.25, 0.3) is 0 Å². The van der Waals surface area contributed by atoms with Gasteiger partial charge in [0.05, 0.1) is 19.3 Å². The summed E-state index contributed by atoms with van der Waals surface area (Å²) in [5.74, 6) is -0.856. The number of hydrogen-bond donors (Lipinski definition) is 2. The molecule has 0 aliphatic rings. The van der Waals surface area contributed by atoms with Gasteiger partial charge in [-0.05, 0) is 19.4 Å². The number of rotatable bonds is 6. The first-order valence-corrected chi connectivity index (χ1v) is 7.58. The number of aliphatic hydroxyl groups excluding tert-OH is 1. The normalized spacial score (nSPS) is 16.2. The fourth-order valence-electron chi connectivity index (χ4n) is 1.68. The molecule has 2 atom stereocenters. The topological polar surface area (TPSA) is 92.7 Å². The number of sulfonamides is 1. The van der Waals surface area contributed by atoms with E-state index in [1.165, 1.54) is 6.92 Å². The summed E-state index contributed by atoms with van der Waals surface area (Å²) in [6.07, 6.45) is 0. The van der Waals surface area contributed by atoms with E-state index in [4.69, 9.17) is 0 Å². The van der Waals surface area contributed by atoms with Crippen LogP contribution in [0.2, 0.25) is 0 Å². The molecule has 112 valence electrons. The van der Waals surface area contributed by atoms with Crippen LogP contribution < -0.4 is 4.72 Å². The molecule has 0 heterocycles. The number of carbonyl (C=O) groups excluding carboxylic acids is 1. The summed E-state index contributed by atoms with van der Waals surface area (Å²) < 4.78 is 31.1. The molecule has 0 aliphatic carbocycles. The van der Waals surface area contributed by atoms with Gasteiger partial charge >= 0.3 is 5.97 Å². The Morgan fingerprint density at radius 1 is 1.40 bits per heavy atom. The quantitative estimate of drug-likeness (QED) is 0.741. The van der Waals surface area contributed by atoms with Crippen molar-refractivity contribution in [3.8, 4) is 0 Å². The molecule has 0 aromatic heterocycles. The SMILES string of the molecule is COC(=O)C(C)S(=O)(=O)NC(C)(CO)c1ccccc1. The Bertz CT molecular complexity index is 557. The Labute approximate surface area is 118 Å². The van der Waals surface area contributed by atoms with Gasteiger partial charge in [0.1, 0.15) is 0 Å². The van der Waals surface area contributed by atoms with E-state index in [2.05, 4.69) is 9.46 Å². The Morgan fingerprint density at radius 3 is 2.40 bits per heavy atom. The molecule has 0 amide bonds. The number of ether oxygens (including phenoxy) is 1. The third kappa shape index (κ3) is 3.56. The second-order valence-electron chi connectivity index (χ2n) is 4.67. The van der Waals surface area contributed by atoms with Crippen molar-refractivity contribution >= 4 is 16.0 Å². The highest BCUT2D eigenvalue weighted by molar-refractivity contribution is 7.90. The molecule has 6 nitrogen and oxygen atoms in total. The summed E-state index contributed by atoms with van der Waals surface area (Å²) in [6.45, 7) is 2.34. The van der Waals surface area contributed by atoms with Crippen molar-refractivity contribution in [1.82, 2.24) is 4.72 Å². The lowest BCUT2D eigenvalue weighted by Gasteiger charge is -2.30. The maximum Gasteiger partial charge on any atom is 0.325 e. The second kappa shape index (κ2) is 6.34. The highest BCUT2D eigenvalue weighted by atomic mass is 32.2. The zero-order valence-electron chi connectivity index (χ0n) is 11.7. The first-order chi connectivity index (χ1) is 9.27. The lowest BCUT2D eigenvalue weighted by Crippen LogP contribution is -2.50. The number of methoxy groups -OCH3 is 1. The van der Waals surface area contributed by atoms with Crippen LogP contribution >= 0.6 is 0 Å². The molecule has 0 bridgehead atoms. The number of esters is 1. The van der Waals surface area contributed by atoms with Crippen LogP contribution in [0, 0.1) is 0 Å². The predicted molar refractivity (Wildman–Crippen MR) is 74.4 cm³/mol. The van der Waals surface area contributed by atoms with Crippen LogP contribution in [0.5, 0.6) is 0 Å². The molecule has 0 saturated heterocycles. The Balaban J connectivity index is 3.07. The van der Waals surface area contributed by atoms with Crippen molar-refractivity contribution in [2.45, 2.75) is 24.6 Å². The van der Waals surface area contributed by atoms with Crippen molar-refractivity contribution < 1.29 is 23.1 Å². The highest BCUT2D eigenvalue weighted by Gasteiger charge is 2.37.